The van der Waals surface area contributed by atoms with Crippen molar-refractivity contribution >= 4 is 17.7 Å². The second-order valence-corrected chi connectivity index (χ2v) is 5.70. The minimum Gasteiger partial charge on any atom is -0.480 e. The molecule has 1 aromatic heterocycles. The third-order valence-corrected chi connectivity index (χ3v) is 3.90. The normalized spacial score (nSPS) is 22.0. The molecule has 6 nitrogen and oxygen atoms in total. The van der Waals surface area contributed by atoms with Crippen molar-refractivity contribution in [2.45, 2.75) is 25.8 Å². The van der Waals surface area contributed by atoms with Crippen LogP contribution in [0.15, 0.2) is 18.3 Å². The number of rotatable bonds is 3. The van der Waals surface area contributed by atoms with Crippen molar-refractivity contribution in [3.05, 3.63) is 23.9 Å². The van der Waals surface area contributed by atoms with Gasteiger partial charge >= 0.3 is 5.97 Å². The van der Waals surface area contributed by atoms with Gasteiger partial charge in [0.05, 0.1) is 0 Å². The van der Waals surface area contributed by atoms with Crippen molar-refractivity contribution in [1.29, 1.82) is 0 Å². The molecule has 0 aromatic carbocycles. The molecular weight excluding hydrogens is 270 g/mol. The van der Waals surface area contributed by atoms with Gasteiger partial charge in [-0.2, -0.15) is 0 Å². The zero-order valence-electron chi connectivity index (χ0n) is 12.6. The Hall–Kier alpha value is -2.11. The van der Waals surface area contributed by atoms with E-state index in [0.717, 1.165) is 12.8 Å². The summed E-state index contributed by atoms with van der Waals surface area (Å²) in [6, 6.07) is 2.58. The molecule has 0 radical (unpaired) electrons. The van der Waals surface area contributed by atoms with Crippen LogP contribution < -0.4 is 4.90 Å². The van der Waals surface area contributed by atoms with Crippen LogP contribution in [0.3, 0.4) is 0 Å². The first kappa shape index (κ1) is 15.3. The molecule has 0 spiro atoms. The summed E-state index contributed by atoms with van der Waals surface area (Å²) in [6.45, 7) is 2.37. The van der Waals surface area contributed by atoms with E-state index in [9.17, 15) is 14.7 Å². The highest BCUT2D eigenvalue weighted by atomic mass is 16.4. The number of amides is 1. The summed E-state index contributed by atoms with van der Waals surface area (Å²) < 4.78 is 0. The van der Waals surface area contributed by atoms with E-state index in [1.54, 1.807) is 18.3 Å². The second-order valence-electron chi connectivity index (χ2n) is 5.70. The molecule has 2 atom stereocenters. The maximum absolute atomic E-state index is 12.7. The lowest BCUT2D eigenvalue weighted by Gasteiger charge is -2.37. The van der Waals surface area contributed by atoms with Gasteiger partial charge < -0.3 is 14.9 Å². The highest BCUT2D eigenvalue weighted by Gasteiger charge is 2.37. The molecule has 1 fully saturated rings. The van der Waals surface area contributed by atoms with Gasteiger partial charge in [0.2, 0.25) is 0 Å². The molecule has 2 unspecified atom stereocenters. The third-order valence-electron chi connectivity index (χ3n) is 3.90. The van der Waals surface area contributed by atoms with E-state index in [1.165, 1.54) is 4.90 Å². The summed E-state index contributed by atoms with van der Waals surface area (Å²) in [5.41, 5.74) is 0.481. The van der Waals surface area contributed by atoms with Crippen LogP contribution in [-0.2, 0) is 4.79 Å². The number of aliphatic carboxylic acids is 1. The molecule has 1 saturated heterocycles. The number of hydrogen-bond acceptors (Lipinski definition) is 4. The van der Waals surface area contributed by atoms with Crippen molar-refractivity contribution in [2.75, 3.05) is 25.5 Å². The summed E-state index contributed by atoms with van der Waals surface area (Å²) in [4.78, 5) is 31.6. The van der Waals surface area contributed by atoms with E-state index < -0.39 is 12.0 Å². The zero-order chi connectivity index (χ0) is 15.6. The second kappa shape index (κ2) is 6.11. The fourth-order valence-electron chi connectivity index (χ4n) is 2.75. The molecule has 1 N–H and O–H groups in total. The molecule has 1 aromatic rings. The van der Waals surface area contributed by atoms with E-state index in [4.69, 9.17) is 0 Å². The number of carboxylic acids is 1. The van der Waals surface area contributed by atoms with Crippen molar-refractivity contribution in [3.8, 4) is 0 Å². The van der Waals surface area contributed by atoms with Gasteiger partial charge in [-0.15, -0.1) is 0 Å². The Kier molecular flexibility index (Phi) is 4.45. The van der Waals surface area contributed by atoms with Crippen LogP contribution in [0.2, 0.25) is 0 Å². The lowest BCUT2D eigenvalue weighted by molar-refractivity contribution is -0.145. The summed E-state index contributed by atoms with van der Waals surface area (Å²) in [5.74, 6) is -0.523. The monoisotopic (exact) mass is 291 g/mol. The number of carboxylic acid groups (broad SMARTS) is 1. The number of hydrogen-bond donors (Lipinski definition) is 1. The van der Waals surface area contributed by atoms with E-state index in [2.05, 4.69) is 4.98 Å². The van der Waals surface area contributed by atoms with Crippen molar-refractivity contribution in [2.24, 2.45) is 5.92 Å². The Morgan fingerprint density at radius 3 is 2.76 bits per heavy atom. The van der Waals surface area contributed by atoms with Gasteiger partial charge in [-0.05, 0) is 30.9 Å². The quantitative estimate of drug-likeness (QED) is 0.913. The topological polar surface area (TPSA) is 73.7 Å². The maximum atomic E-state index is 12.7. The van der Waals surface area contributed by atoms with Crippen molar-refractivity contribution in [1.82, 2.24) is 9.88 Å². The first-order chi connectivity index (χ1) is 9.91. The van der Waals surface area contributed by atoms with E-state index in [-0.39, 0.29) is 11.8 Å². The van der Waals surface area contributed by atoms with Crippen LogP contribution in [0.4, 0.5) is 5.82 Å². The van der Waals surface area contributed by atoms with Gasteiger partial charge in [0.25, 0.3) is 5.91 Å². The van der Waals surface area contributed by atoms with Crippen LogP contribution in [0.5, 0.6) is 0 Å². The molecule has 0 aliphatic carbocycles. The molecule has 1 aliphatic rings. The highest BCUT2D eigenvalue weighted by molar-refractivity contribution is 5.97. The maximum Gasteiger partial charge on any atom is 0.326 e. The third kappa shape index (κ3) is 3.15. The van der Waals surface area contributed by atoms with Crippen LogP contribution in [0, 0.1) is 5.92 Å². The highest BCUT2D eigenvalue weighted by Crippen LogP contribution is 2.25. The summed E-state index contributed by atoms with van der Waals surface area (Å²) >= 11 is 0. The summed E-state index contributed by atoms with van der Waals surface area (Å²) in [7, 11) is 3.69. The SMILES string of the molecule is CC1CCCN(C(=O)c2ccnc(N(C)C)c2)C1C(=O)O. The fraction of sp³-hybridized carbons (Fsp3) is 0.533. The van der Waals surface area contributed by atoms with Crippen LogP contribution in [-0.4, -0.2) is 53.5 Å². The fourth-order valence-corrected chi connectivity index (χ4v) is 2.75. The molecule has 2 rings (SSSR count). The number of aromatic nitrogens is 1. The van der Waals surface area contributed by atoms with Crippen molar-refractivity contribution in [3.63, 3.8) is 0 Å². The molecule has 2 heterocycles. The van der Waals surface area contributed by atoms with E-state index >= 15 is 0 Å². The standard InChI is InChI=1S/C15H21N3O3/c1-10-5-4-8-18(13(10)15(20)21)14(19)11-6-7-16-12(9-11)17(2)3/h6-7,9-10,13H,4-5,8H2,1-3H3,(H,20,21). The Morgan fingerprint density at radius 2 is 2.14 bits per heavy atom. The van der Waals surface area contributed by atoms with Gasteiger partial charge in [0.1, 0.15) is 11.9 Å². The Morgan fingerprint density at radius 1 is 1.43 bits per heavy atom. The molecule has 114 valence electrons. The number of carbonyl (C=O) groups is 2. The zero-order valence-corrected chi connectivity index (χ0v) is 12.6. The number of likely N-dealkylation sites (tertiary alicyclic amines) is 1. The first-order valence-electron chi connectivity index (χ1n) is 7.09. The molecular formula is C15H21N3O3. The van der Waals surface area contributed by atoms with Gasteiger partial charge in [-0.25, -0.2) is 9.78 Å². The predicted octanol–water partition coefficient (Wildman–Crippen LogP) is 1.47. The Bertz CT molecular complexity index is 545. The minimum absolute atomic E-state index is 0.0321. The van der Waals surface area contributed by atoms with Gasteiger partial charge in [0.15, 0.2) is 0 Å². The van der Waals surface area contributed by atoms with Crippen LogP contribution >= 0.6 is 0 Å². The molecule has 1 aliphatic heterocycles. The smallest absolute Gasteiger partial charge is 0.326 e. The number of anilines is 1. The number of carbonyl (C=O) groups excluding carboxylic acids is 1. The van der Waals surface area contributed by atoms with Crippen molar-refractivity contribution < 1.29 is 14.7 Å². The first-order valence-corrected chi connectivity index (χ1v) is 7.09. The minimum atomic E-state index is -0.933. The van der Waals surface area contributed by atoms with E-state index in [0.29, 0.717) is 17.9 Å². The summed E-state index contributed by atoms with van der Waals surface area (Å²) in [5, 5.41) is 9.40. The lowest BCUT2D eigenvalue weighted by Crippen LogP contribution is -2.51. The molecule has 0 saturated carbocycles. The van der Waals surface area contributed by atoms with Crippen LogP contribution in [0.1, 0.15) is 30.1 Å². The average Bonchev–Trinajstić information content (AvgIpc) is 2.45. The molecule has 21 heavy (non-hydrogen) atoms. The largest absolute Gasteiger partial charge is 0.480 e. The Labute approximate surface area is 124 Å². The molecule has 6 heteroatoms. The summed E-state index contributed by atoms with van der Waals surface area (Å²) in [6.07, 6.45) is 3.24. The molecule has 0 bridgehead atoms. The van der Waals surface area contributed by atoms with Gasteiger partial charge in [-0.3, -0.25) is 4.79 Å². The van der Waals surface area contributed by atoms with Gasteiger partial charge in [0, 0.05) is 32.4 Å². The van der Waals surface area contributed by atoms with Gasteiger partial charge in [-0.1, -0.05) is 6.92 Å². The lowest BCUT2D eigenvalue weighted by atomic mass is 9.90. The van der Waals surface area contributed by atoms with E-state index in [1.807, 2.05) is 25.9 Å². The predicted molar refractivity (Wildman–Crippen MR) is 79.4 cm³/mol. The number of nitrogens with zero attached hydrogens (tertiary/aromatic N) is 3. The number of piperidine rings is 1. The average molecular weight is 291 g/mol. The Balaban J connectivity index is 2.29. The molecule has 1 amide bonds. The van der Waals surface area contributed by atoms with Crippen LogP contribution in [0.25, 0.3) is 0 Å². The number of pyridine rings is 1.